The standard InChI is InChI=1S/C14H16ClN3O2/c15-11-3-1-10(2-4-11)9-18-12(19)14(17-13(18)20)5-7-16-8-6-14/h1-4,16H,5-9H2,(H,17,20). The largest absolute Gasteiger partial charge is 0.325 e. The van der Waals surface area contributed by atoms with Crippen LogP contribution in [0, 0.1) is 0 Å². The number of hydrogen-bond donors (Lipinski definition) is 2. The fourth-order valence-electron chi connectivity index (χ4n) is 2.78. The van der Waals surface area contributed by atoms with Gasteiger partial charge in [-0.05, 0) is 43.6 Å². The quantitative estimate of drug-likeness (QED) is 0.813. The van der Waals surface area contributed by atoms with Gasteiger partial charge < -0.3 is 10.6 Å². The van der Waals surface area contributed by atoms with E-state index in [-0.39, 0.29) is 18.5 Å². The number of benzene rings is 1. The zero-order valence-corrected chi connectivity index (χ0v) is 11.7. The number of rotatable bonds is 2. The minimum Gasteiger partial charge on any atom is -0.323 e. The van der Waals surface area contributed by atoms with E-state index in [1.165, 1.54) is 4.90 Å². The van der Waals surface area contributed by atoms with Gasteiger partial charge in [-0.25, -0.2) is 4.79 Å². The lowest BCUT2D eigenvalue weighted by Crippen LogP contribution is -2.53. The Bertz CT molecular complexity index is 538. The predicted molar refractivity (Wildman–Crippen MR) is 75.4 cm³/mol. The van der Waals surface area contributed by atoms with E-state index in [4.69, 9.17) is 11.6 Å². The number of carbonyl (C=O) groups excluding carboxylic acids is 2. The maximum absolute atomic E-state index is 12.6. The molecule has 3 amide bonds. The second-order valence-electron chi connectivity index (χ2n) is 5.28. The highest BCUT2D eigenvalue weighted by molar-refractivity contribution is 6.30. The molecule has 2 N–H and O–H groups in total. The normalized spacial score (nSPS) is 21.4. The molecule has 0 radical (unpaired) electrons. The SMILES string of the molecule is O=C1NC2(CCNCC2)C(=O)N1Cc1ccc(Cl)cc1. The van der Waals surface area contributed by atoms with Crippen molar-refractivity contribution in [3.63, 3.8) is 0 Å². The molecule has 3 rings (SSSR count). The molecular weight excluding hydrogens is 278 g/mol. The van der Waals surface area contributed by atoms with Gasteiger partial charge in [-0.2, -0.15) is 0 Å². The molecule has 2 aliphatic heterocycles. The fourth-order valence-corrected chi connectivity index (χ4v) is 2.91. The lowest BCUT2D eigenvalue weighted by molar-refractivity contribution is -0.132. The van der Waals surface area contributed by atoms with Gasteiger partial charge in [-0.15, -0.1) is 0 Å². The first-order valence-corrected chi connectivity index (χ1v) is 7.08. The number of hydrogen-bond acceptors (Lipinski definition) is 3. The number of urea groups is 1. The number of nitrogens with one attached hydrogen (secondary N) is 2. The summed E-state index contributed by atoms with van der Waals surface area (Å²) >= 11 is 5.84. The van der Waals surface area contributed by atoms with Gasteiger partial charge in [-0.1, -0.05) is 23.7 Å². The zero-order valence-electron chi connectivity index (χ0n) is 11.0. The summed E-state index contributed by atoms with van der Waals surface area (Å²) in [6.45, 7) is 1.79. The molecule has 2 fully saturated rings. The highest BCUT2D eigenvalue weighted by Gasteiger charge is 2.51. The topological polar surface area (TPSA) is 61.4 Å². The first kappa shape index (κ1) is 13.4. The van der Waals surface area contributed by atoms with Crippen molar-refractivity contribution in [2.45, 2.75) is 24.9 Å². The molecule has 1 aromatic carbocycles. The zero-order chi connectivity index (χ0) is 14.2. The van der Waals surface area contributed by atoms with Gasteiger partial charge >= 0.3 is 6.03 Å². The van der Waals surface area contributed by atoms with Crippen LogP contribution in [0.5, 0.6) is 0 Å². The summed E-state index contributed by atoms with van der Waals surface area (Å²) in [6, 6.07) is 6.88. The van der Waals surface area contributed by atoms with Crippen LogP contribution in [0.25, 0.3) is 0 Å². The first-order chi connectivity index (χ1) is 9.61. The Morgan fingerprint density at radius 1 is 1.15 bits per heavy atom. The lowest BCUT2D eigenvalue weighted by Gasteiger charge is -2.31. The Labute approximate surface area is 122 Å². The second-order valence-corrected chi connectivity index (χ2v) is 5.72. The Hall–Kier alpha value is -1.59. The van der Waals surface area contributed by atoms with Crippen LogP contribution in [0.1, 0.15) is 18.4 Å². The summed E-state index contributed by atoms with van der Waals surface area (Å²) in [4.78, 5) is 25.9. The third-order valence-corrected chi connectivity index (χ3v) is 4.21. The third kappa shape index (κ3) is 2.27. The number of imide groups is 1. The van der Waals surface area contributed by atoms with Crippen LogP contribution in [0.4, 0.5) is 4.79 Å². The van der Waals surface area contributed by atoms with E-state index in [0.717, 1.165) is 18.7 Å². The highest BCUT2D eigenvalue weighted by atomic mass is 35.5. The molecule has 1 spiro atoms. The minimum absolute atomic E-state index is 0.112. The molecule has 0 atom stereocenters. The predicted octanol–water partition coefficient (Wildman–Crippen LogP) is 1.51. The third-order valence-electron chi connectivity index (χ3n) is 3.96. The number of nitrogens with zero attached hydrogens (tertiary/aromatic N) is 1. The summed E-state index contributed by atoms with van der Waals surface area (Å²) in [5.74, 6) is -0.112. The fraction of sp³-hybridized carbons (Fsp3) is 0.429. The molecule has 2 aliphatic rings. The number of carbonyl (C=O) groups is 2. The van der Waals surface area contributed by atoms with Gasteiger partial charge in [0.25, 0.3) is 5.91 Å². The van der Waals surface area contributed by atoms with Gasteiger partial charge in [0, 0.05) is 5.02 Å². The Morgan fingerprint density at radius 3 is 2.45 bits per heavy atom. The van der Waals surface area contributed by atoms with Gasteiger partial charge in [-0.3, -0.25) is 9.69 Å². The maximum atomic E-state index is 12.6. The Balaban J connectivity index is 1.78. The van der Waals surface area contributed by atoms with Crippen molar-refractivity contribution in [1.29, 1.82) is 0 Å². The van der Waals surface area contributed by atoms with Crippen molar-refractivity contribution in [3.8, 4) is 0 Å². The lowest BCUT2D eigenvalue weighted by atomic mass is 9.88. The summed E-state index contributed by atoms with van der Waals surface area (Å²) in [5.41, 5.74) is 0.193. The van der Waals surface area contributed by atoms with Crippen LogP contribution in [-0.4, -0.2) is 35.5 Å². The molecule has 2 saturated heterocycles. The van der Waals surface area contributed by atoms with Crippen LogP contribution in [0.2, 0.25) is 5.02 Å². The Kier molecular flexibility index (Phi) is 3.40. The van der Waals surface area contributed by atoms with Crippen molar-refractivity contribution in [2.75, 3.05) is 13.1 Å². The highest BCUT2D eigenvalue weighted by Crippen LogP contribution is 2.28. The summed E-state index contributed by atoms with van der Waals surface area (Å²) in [6.07, 6.45) is 1.30. The molecule has 20 heavy (non-hydrogen) atoms. The molecule has 6 heteroatoms. The van der Waals surface area contributed by atoms with Gasteiger partial charge in [0.1, 0.15) is 5.54 Å². The van der Waals surface area contributed by atoms with E-state index in [9.17, 15) is 9.59 Å². The van der Waals surface area contributed by atoms with E-state index in [2.05, 4.69) is 10.6 Å². The van der Waals surface area contributed by atoms with E-state index >= 15 is 0 Å². The van der Waals surface area contributed by atoms with Crippen molar-refractivity contribution in [2.24, 2.45) is 0 Å². The van der Waals surface area contributed by atoms with E-state index < -0.39 is 5.54 Å². The molecule has 1 aromatic rings. The van der Waals surface area contributed by atoms with Gasteiger partial charge in [0.05, 0.1) is 6.54 Å². The van der Waals surface area contributed by atoms with Crippen LogP contribution >= 0.6 is 11.6 Å². The molecule has 0 saturated carbocycles. The average Bonchev–Trinajstić information content (AvgIpc) is 2.67. The van der Waals surface area contributed by atoms with Crippen molar-refractivity contribution in [3.05, 3.63) is 34.9 Å². The molecule has 0 bridgehead atoms. The van der Waals surface area contributed by atoms with E-state index in [0.29, 0.717) is 17.9 Å². The molecule has 0 aromatic heterocycles. The number of amides is 3. The number of piperidine rings is 1. The van der Waals surface area contributed by atoms with Crippen LogP contribution in [0.15, 0.2) is 24.3 Å². The van der Waals surface area contributed by atoms with Crippen molar-refractivity contribution >= 4 is 23.5 Å². The van der Waals surface area contributed by atoms with Gasteiger partial charge in [0.15, 0.2) is 0 Å². The molecule has 0 unspecified atom stereocenters. The van der Waals surface area contributed by atoms with Crippen molar-refractivity contribution in [1.82, 2.24) is 15.5 Å². The molecule has 0 aliphatic carbocycles. The average molecular weight is 294 g/mol. The van der Waals surface area contributed by atoms with Crippen LogP contribution in [-0.2, 0) is 11.3 Å². The smallest absolute Gasteiger partial charge is 0.323 e. The van der Waals surface area contributed by atoms with Crippen LogP contribution < -0.4 is 10.6 Å². The molecular formula is C14H16ClN3O2. The first-order valence-electron chi connectivity index (χ1n) is 6.70. The molecule has 5 nitrogen and oxygen atoms in total. The minimum atomic E-state index is -0.700. The van der Waals surface area contributed by atoms with Gasteiger partial charge in [0.2, 0.25) is 0 Å². The van der Waals surface area contributed by atoms with E-state index in [1.807, 2.05) is 12.1 Å². The summed E-state index contributed by atoms with van der Waals surface area (Å²) in [7, 11) is 0. The molecule has 106 valence electrons. The summed E-state index contributed by atoms with van der Waals surface area (Å²) < 4.78 is 0. The maximum Gasteiger partial charge on any atom is 0.325 e. The summed E-state index contributed by atoms with van der Waals surface area (Å²) in [5, 5.41) is 6.72. The van der Waals surface area contributed by atoms with Crippen LogP contribution in [0.3, 0.4) is 0 Å². The number of halogens is 1. The monoisotopic (exact) mass is 293 g/mol. The van der Waals surface area contributed by atoms with Crippen molar-refractivity contribution < 1.29 is 9.59 Å². The Morgan fingerprint density at radius 2 is 1.80 bits per heavy atom. The second kappa shape index (κ2) is 5.07. The molecule has 2 heterocycles. The van der Waals surface area contributed by atoms with E-state index in [1.54, 1.807) is 12.1 Å².